The first-order valence-electron chi connectivity index (χ1n) is 8.39. The SMILES string of the molecule is C/C(=N/Nc1cc(C(=O)[O-])ccc1Cl)c1ccc(N2CCOCC2)c(F)c1. The predicted octanol–water partition coefficient (Wildman–Crippen LogP) is 2.52. The lowest BCUT2D eigenvalue weighted by Crippen LogP contribution is -2.36. The molecule has 1 aliphatic rings. The number of anilines is 2. The van der Waals surface area contributed by atoms with Crippen LogP contribution in [0.4, 0.5) is 15.8 Å². The van der Waals surface area contributed by atoms with E-state index in [2.05, 4.69) is 10.5 Å². The number of halogens is 2. The molecule has 0 unspecified atom stereocenters. The third-order valence-electron chi connectivity index (χ3n) is 4.26. The van der Waals surface area contributed by atoms with Gasteiger partial charge in [0.1, 0.15) is 5.82 Å². The minimum atomic E-state index is -1.31. The van der Waals surface area contributed by atoms with Gasteiger partial charge in [0.15, 0.2) is 0 Å². The lowest BCUT2D eigenvalue weighted by atomic mass is 10.1. The Kier molecular flexibility index (Phi) is 5.93. The Morgan fingerprint density at radius 1 is 1.22 bits per heavy atom. The minimum Gasteiger partial charge on any atom is -0.545 e. The maximum absolute atomic E-state index is 14.5. The molecule has 0 amide bonds. The highest BCUT2D eigenvalue weighted by Gasteiger charge is 2.15. The standard InChI is InChI=1S/C19H19ClFN3O3/c1-12(22-23-17-11-14(19(25)26)2-4-15(17)20)13-3-5-18(16(21)10-13)24-6-8-27-9-7-24/h2-5,10-11,23H,6-9H2,1H3,(H,25,26)/p-1/b22-12-. The van der Waals surface area contributed by atoms with Crippen LogP contribution in [0.25, 0.3) is 0 Å². The molecule has 27 heavy (non-hydrogen) atoms. The molecule has 1 aliphatic heterocycles. The average Bonchev–Trinajstić information content (AvgIpc) is 2.67. The molecule has 2 aromatic carbocycles. The topological polar surface area (TPSA) is 77.0 Å². The number of ether oxygens (including phenoxy) is 1. The van der Waals surface area contributed by atoms with E-state index in [1.54, 1.807) is 19.1 Å². The maximum atomic E-state index is 14.5. The number of carboxylic acid groups (broad SMARTS) is 1. The number of nitrogens with zero attached hydrogens (tertiary/aromatic N) is 2. The van der Waals surface area contributed by atoms with Gasteiger partial charge in [0.25, 0.3) is 0 Å². The van der Waals surface area contributed by atoms with Gasteiger partial charge in [-0.15, -0.1) is 0 Å². The number of hydrogen-bond acceptors (Lipinski definition) is 6. The summed E-state index contributed by atoms with van der Waals surface area (Å²) in [4.78, 5) is 12.9. The van der Waals surface area contributed by atoms with E-state index in [-0.39, 0.29) is 11.4 Å². The predicted molar refractivity (Wildman–Crippen MR) is 101 cm³/mol. The summed E-state index contributed by atoms with van der Waals surface area (Å²) in [6.07, 6.45) is 0. The van der Waals surface area contributed by atoms with Crippen LogP contribution in [-0.4, -0.2) is 38.0 Å². The summed E-state index contributed by atoms with van der Waals surface area (Å²) in [6.45, 7) is 4.18. The summed E-state index contributed by atoms with van der Waals surface area (Å²) >= 11 is 6.04. The number of hydrogen-bond donors (Lipinski definition) is 1. The number of aromatic carboxylic acids is 1. The Bertz CT molecular complexity index is 882. The zero-order chi connectivity index (χ0) is 19.4. The van der Waals surface area contributed by atoms with E-state index in [1.807, 2.05) is 4.90 Å². The van der Waals surface area contributed by atoms with Crippen molar-refractivity contribution in [2.45, 2.75) is 6.92 Å². The van der Waals surface area contributed by atoms with E-state index in [9.17, 15) is 14.3 Å². The summed E-state index contributed by atoms with van der Waals surface area (Å²) in [5.74, 6) is -1.64. The summed E-state index contributed by atoms with van der Waals surface area (Å²) in [5, 5.41) is 15.4. The van der Waals surface area contributed by atoms with Gasteiger partial charge in [0.05, 0.1) is 41.3 Å². The molecule has 0 aliphatic carbocycles. The lowest BCUT2D eigenvalue weighted by Gasteiger charge is -2.29. The Morgan fingerprint density at radius 3 is 2.59 bits per heavy atom. The van der Waals surface area contributed by atoms with Crippen molar-refractivity contribution < 1.29 is 19.0 Å². The number of hydrazone groups is 1. The Hall–Kier alpha value is -2.64. The molecule has 0 bridgehead atoms. The highest BCUT2D eigenvalue weighted by molar-refractivity contribution is 6.33. The van der Waals surface area contributed by atoms with Gasteiger partial charge in [0.2, 0.25) is 0 Å². The monoisotopic (exact) mass is 390 g/mol. The van der Waals surface area contributed by atoms with Crippen LogP contribution < -0.4 is 15.4 Å². The van der Waals surface area contributed by atoms with Gasteiger partial charge in [-0.3, -0.25) is 5.43 Å². The first-order chi connectivity index (χ1) is 13.0. The molecule has 142 valence electrons. The van der Waals surface area contributed by atoms with Gasteiger partial charge in [0, 0.05) is 18.7 Å². The van der Waals surface area contributed by atoms with Crippen molar-refractivity contribution in [1.29, 1.82) is 0 Å². The van der Waals surface area contributed by atoms with E-state index in [0.717, 1.165) is 0 Å². The number of rotatable bonds is 5. The third kappa shape index (κ3) is 4.56. The highest BCUT2D eigenvalue weighted by Crippen LogP contribution is 2.24. The van der Waals surface area contributed by atoms with Crippen molar-refractivity contribution in [2.75, 3.05) is 36.6 Å². The number of morpholine rings is 1. The van der Waals surface area contributed by atoms with E-state index < -0.39 is 5.97 Å². The first kappa shape index (κ1) is 19.1. The first-order valence-corrected chi connectivity index (χ1v) is 8.77. The van der Waals surface area contributed by atoms with Crippen molar-refractivity contribution in [1.82, 2.24) is 0 Å². The van der Waals surface area contributed by atoms with E-state index >= 15 is 0 Å². The fourth-order valence-electron chi connectivity index (χ4n) is 2.74. The average molecular weight is 391 g/mol. The Labute approximate surface area is 161 Å². The van der Waals surface area contributed by atoms with Gasteiger partial charge < -0.3 is 19.5 Å². The second-order valence-electron chi connectivity index (χ2n) is 6.06. The van der Waals surface area contributed by atoms with Crippen LogP contribution in [0.3, 0.4) is 0 Å². The van der Waals surface area contributed by atoms with Crippen LogP contribution in [0, 0.1) is 5.82 Å². The van der Waals surface area contributed by atoms with Gasteiger partial charge in [-0.1, -0.05) is 23.7 Å². The summed E-state index contributed by atoms with van der Waals surface area (Å²) < 4.78 is 19.8. The molecular formula is C19H18ClFN3O3-. The summed E-state index contributed by atoms with van der Waals surface area (Å²) in [7, 11) is 0. The normalized spacial score (nSPS) is 14.9. The van der Waals surface area contributed by atoms with Crippen LogP contribution in [-0.2, 0) is 4.74 Å². The van der Waals surface area contributed by atoms with Crippen molar-refractivity contribution in [3.63, 3.8) is 0 Å². The van der Waals surface area contributed by atoms with Crippen molar-refractivity contribution in [3.05, 3.63) is 58.4 Å². The number of nitrogens with one attached hydrogen (secondary N) is 1. The van der Waals surface area contributed by atoms with E-state index in [1.165, 1.54) is 24.3 Å². The van der Waals surface area contributed by atoms with Crippen molar-refractivity contribution in [2.24, 2.45) is 5.10 Å². The fraction of sp³-hybridized carbons (Fsp3) is 0.263. The molecule has 8 heteroatoms. The minimum absolute atomic E-state index is 0.0179. The molecular weight excluding hydrogens is 373 g/mol. The van der Waals surface area contributed by atoms with Crippen LogP contribution >= 0.6 is 11.6 Å². The molecule has 0 spiro atoms. The van der Waals surface area contributed by atoms with E-state index in [0.29, 0.717) is 54.0 Å². The number of carbonyl (C=O) groups excluding carboxylic acids is 1. The molecule has 3 rings (SSSR count). The summed E-state index contributed by atoms with van der Waals surface area (Å²) in [6, 6.07) is 9.04. The van der Waals surface area contributed by atoms with E-state index in [4.69, 9.17) is 16.3 Å². The second-order valence-corrected chi connectivity index (χ2v) is 6.46. The molecule has 0 saturated carbocycles. The molecule has 0 radical (unpaired) electrons. The smallest absolute Gasteiger partial charge is 0.147 e. The molecule has 0 aromatic heterocycles. The summed E-state index contributed by atoms with van der Waals surface area (Å²) in [5.41, 5.74) is 4.69. The van der Waals surface area contributed by atoms with Crippen LogP contribution in [0.5, 0.6) is 0 Å². The largest absolute Gasteiger partial charge is 0.545 e. The molecule has 1 heterocycles. The molecule has 0 atom stereocenters. The lowest BCUT2D eigenvalue weighted by molar-refractivity contribution is -0.255. The third-order valence-corrected chi connectivity index (χ3v) is 4.59. The van der Waals surface area contributed by atoms with Crippen LogP contribution in [0.2, 0.25) is 5.02 Å². The van der Waals surface area contributed by atoms with Crippen molar-refractivity contribution >= 4 is 34.7 Å². The number of carbonyl (C=O) groups is 1. The molecule has 2 aromatic rings. The van der Waals surface area contributed by atoms with Crippen molar-refractivity contribution in [3.8, 4) is 0 Å². The second kappa shape index (κ2) is 8.37. The Morgan fingerprint density at radius 2 is 1.93 bits per heavy atom. The van der Waals surface area contributed by atoms with Gasteiger partial charge in [-0.25, -0.2) is 4.39 Å². The van der Waals surface area contributed by atoms with Gasteiger partial charge in [-0.2, -0.15) is 5.10 Å². The van der Waals surface area contributed by atoms with Gasteiger partial charge >= 0.3 is 0 Å². The highest BCUT2D eigenvalue weighted by atomic mass is 35.5. The maximum Gasteiger partial charge on any atom is 0.147 e. The van der Waals surface area contributed by atoms with Crippen LogP contribution in [0.15, 0.2) is 41.5 Å². The quantitative estimate of drug-likeness (QED) is 0.627. The molecule has 1 saturated heterocycles. The zero-order valence-electron chi connectivity index (χ0n) is 14.7. The zero-order valence-corrected chi connectivity index (χ0v) is 15.4. The molecule has 1 fully saturated rings. The van der Waals surface area contributed by atoms with Crippen LogP contribution in [0.1, 0.15) is 22.8 Å². The Balaban J connectivity index is 1.77. The number of benzene rings is 2. The molecule has 6 nitrogen and oxygen atoms in total. The van der Waals surface area contributed by atoms with Gasteiger partial charge in [-0.05, 0) is 36.8 Å². The fourth-order valence-corrected chi connectivity index (χ4v) is 2.90. The number of carboxylic acids is 1. The molecule has 1 N–H and O–H groups in total.